The number of ether oxygens (including phenoxy) is 2. The predicted octanol–water partition coefficient (Wildman–Crippen LogP) is 5.87. The number of nitrogens with zero attached hydrogens (tertiary/aromatic N) is 3. The molecule has 0 radical (unpaired) electrons. The maximum atomic E-state index is 13.4. The second-order valence-electron chi connectivity index (χ2n) is 7.57. The zero-order valence-corrected chi connectivity index (χ0v) is 20.6. The van der Waals surface area contributed by atoms with Gasteiger partial charge in [-0.15, -0.1) is 0 Å². The smallest absolute Gasteiger partial charge is 0.282 e. The molecule has 1 aromatic heterocycles. The van der Waals surface area contributed by atoms with Crippen molar-refractivity contribution in [3.8, 4) is 11.5 Å². The van der Waals surface area contributed by atoms with Gasteiger partial charge in [-0.05, 0) is 64.7 Å². The number of benzene rings is 2. The van der Waals surface area contributed by atoms with E-state index in [0.29, 0.717) is 22.4 Å². The van der Waals surface area contributed by atoms with Crippen LogP contribution in [0.5, 0.6) is 11.5 Å². The van der Waals surface area contributed by atoms with Gasteiger partial charge in [0.25, 0.3) is 5.56 Å². The van der Waals surface area contributed by atoms with Crippen molar-refractivity contribution in [2.45, 2.75) is 38.0 Å². The van der Waals surface area contributed by atoms with Gasteiger partial charge in [-0.1, -0.05) is 35.2 Å². The Hall–Kier alpha value is -2.19. The van der Waals surface area contributed by atoms with Crippen LogP contribution in [0.4, 0.5) is 0 Å². The average Bonchev–Trinajstić information content (AvgIpc) is 2.78. The van der Waals surface area contributed by atoms with Gasteiger partial charge in [-0.3, -0.25) is 4.79 Å². The van der Waals surface area contributed by atoms with Gasteiger partial charge in [0.2, 0.25) is 0 Å². The Labute approximate surface area is 197 Å². The van der Waals surface area contributed by atoms with Gasteiger partial charge in [-0.25, -0.2) is 4.98 Å². The normalized spacial score (nSPS) is 15.0. The van der Waals surface area contributed by atoms with Crippen molar-refractivity contribution < 1.29 is 9.47 Å². The zero-order chi connectivity index (χ0) is 22.0. The third kappa shape index (κ3) is 4.55. The Morgan fingerprint density at radius 3 is 2.58 bits per heavy atom. The van der Waals surface area contributed by atoms with E-state index in [1.807, 2.05) is 24.3 Å². The van der Waals surface area contributed by atoms with Crippen molar-refractivity contribution in [1.29, 1.82) is 0 Å². The molecule has 31 heavy (non-hydrogen) atoms. The molecular formula is C23H23Br2N3O3. The van der Waals surface area contributed by atoms with Crippen LogP contribution in [-0.4, -0.2) is 30.1 Å². The summed E-state index contributed by atoms with van der Waals surface area (Å²) < 4.78 is 13.8. The third-order valence-electron chi connectivity index (χ3n) is 5.58. The van der Waals surface area contributed by atoms with Crippen molar-refractivity contribution in [2.24, 2.45) is 5.10 Å². The lowest BCUT2D eigenvalue weighted by atomic mass is 9.88. The predicted molar refractivity (Wildman–Crippen MR) is 130 cm³/mol. The van der Waals surface area contributed by atoms with E-state index in [1.54, 1.807) is 26.5 Å². The SMILES string of the molecule is COc1cc(C=Nn2c(C3CCCCC3)nc3ccc(Br)cc3c2=O)cc(Br)c1OC. The number of halogens is 2. The Morgan fingerprint density at radius 2 is 1.87 bits per heavy atom. The number of hydrogen-bond acceptors (Lipinski definition) is 5. The lowest BCUT2D eigenvalue weighted by Crippen LogP contribution is -2.25. The van der Waals surface area contributed by atoms with E-state index in [1.165, 1.54) is 11.1 Å². The molecule has 0 saturated heterocycles. The molecular weight excluding hydrogens is 526 g/mol. The number of hydrogen-bond donors (Lipinski definition) is 0. The first-order valence-electron chi connectivity index (χ1n) is 10.2. The van der Waals surface area contributed by atoms with Gasteiger partial charge in [0.05, 0.1) is 35.8 Å². The summed E-state index contributed by atoms with van der Waals surface area (Å²) in [5, 5.41) is 5.13. The van der Waals surface area contributed by atoms with Crippen molar-refractivity contribution in [3.63, 3.8) is 0 Å². The molecule has 2 aromatic carbocycles. The van der Waals surface area contributed by atoms with Crippen molar-refractivity contribution in [3.05, 3.63) is 61.0 Å². The van der Waals surface area contributed by atoms with E-state index in [4.69, 9.17) is 14.5 Å². The van der Waals surface area contributed by atoms with Gasteiger partial charge in [0.1, 0.15) is 5.82 Å². The molecule has 4 rings (SSSR count). The summed E-state index contributed by atoms with van der Waals surface area (Å²) in [6, 6.07) is 9.29. The van der Waals surface area contributed by atoms with Crippen LogP contribution in [0.15, 0.2) is 49.2 Å². The molecule has 3 aromatic rings. The molecule has 0 N–H and O–H groups in total. The molecule has 0 amide bonds. The van der Waals surface area contributed by atoms with E-state index in [0.717, 1.165) is 46.0 Å². The maximum Gasteiger partial charge on any atom is 0.282 e. The molecule has 0 bridgehead atoms. The van der Waals surface area contributed by atoms with Crippen LogP contribution in [0.25, 0.3) is 10.9 Å². The number of aromatic nitrogens is 2. The number of fused-ring (bicyclic) bond motifs is 1. The fourth-order valence-electron chi connectivity index (χ4n) is 4.04. The standard InChI is InChI=1S/C23H23Br2N3O3/c1-30-20-11-14(10-18(25)21(20)31-2)13-26-28-22(15-6-4-3-5-7-15)27-19-9-8-16(24)12-17(19)23(28)29/h8-13,15H,3-7H2,1-2H3. The Balaban J connectivity index is 1.84. The second-order valence-corrected chi connectivity index (χ2v) is 9.34. The van der Waals surface area contributed by atoms with Crippen LogP contribution in [0.2, 0.25) is 0 Å². The Kier molecular flexibility index (Phi) is 6.77. The molecule has 1 fully saturated rings. The topological polar surface area (TPSA) is 65.7 Å². The number of rotatable bonds is 5. The van der Waals surface area contributed by atoms with Gasteiger partial charge in [0, 0.05) is 10.4 Å². The highest BCUT2D eigenvalue weighted by atomic mass is 79.9. The molecule has 0 atom stereocenters. The van der Waals surface area contributed by atoms with Crippen LogP contribution in [0.3, 0.4) is 0 Å². The first-order valence-corrected chi connectivity index (χ1v) is 11.8. The molecule has 0 aliphatic heterocycles. The molecule has 0 unspecified atom stereocenters. The quantitative estimate of drug-likeness (QED) is 0.374. The minimum atomic E-state index is -0.164. The minimum Gasteiger partial charge on any atom is -0.493 e. The molecule has 0 spiro atoms. The minimum absolute atomic E-state index is 0.164. The fraction of sp³-hybridized carbons (Fsp3) is 0.348. The molecule has 1 aliphatic carbocycles. The number of methoxy groups -OCH3 is 2. The fourth-order valence-corrected chi connectivity index (χ4v) is 5.02. The lowest BCUT2D eigenvalue weighted by Gasteiger charge is -2.22. The monoisotopic (exact) mass is 547 g/mol. The highest BCUT2D eigenvalue weighted by molar-refractivity contribution is 9.10. The summed E-state index contributed by atoms with van der Waals surface area (Å²) in [6.07, 6.45) is 7.21. The first kappa shape index (κ1) is 22.0. The van der Waals surface area contributed by atoms with Crippen LogP contribution >= 0.6 is 31.9 Å². The molecule has 6 nitrogen and oxygen atoms in total. The van der Waals surface area contributed by atoms with Crippen LogP contribution < -0.4 is 15.0 Å². The summed E-state index contributed by atoms with van der Waals surface area (Å²) >= 11 is 6.96. The summed E-state index contributed by atoms with van der Waals surface area (Å²) in [7, 11) is 3.17. The van der Waals surface area contributed by atoms with Crippen molar-refractivity contribution in [2.75, 3.05) is 14.2 Å². The van der Waals surface area contributed by atoms with Crippen LogP contribution in [-0.2, 0) is 0 Å². The first-order chi connectivity index (χ1) is 15.0. The molecule has 162 valence electrons. The zero-order valence-electron chi connectivity index (χ0n) is 17.4. The summed E-state index contributed by atoms with van der Waals surface area (Å²) in [4.78, 5) is 18.3. The maximum absolute atomic E-state index is 13.4. The van der Waals surface area contributed by atoms with E-state index in [-0.39, 0.29) is 11.5 Å². The highest BCUT2D eigenvalue weighted by Gasteiger charge is 2.22. The molecule has 1 heterocycles. The third-order valence-corrected chi connectivity index (χ3v) is 6.66. The van der Waals surface area contributed by atoms with Crippen LogP contribution in [0, 0.1) is 0 Å². The van der Waals surface area contributed by atoms with E-state index < -0.39 is 0 Å². The van der Waals surface area contributed by atoms with Crippen molar-refractivity contribution in [1.82, 2.24) is 9.66 Å². The van der Waals surface area contributed by atoms with Gasteiger partial charge >= 0.3 is 0 Å². The summed E-state index contributed by atoms with van der Waals surface area (Å²) in [5.74, 6) is 2.15. The highest BCUT2D eigenvalue weighted by Crippen LogP contribution is 2.36. The largest absolute Gasteiger partial charge is 0.493 e. The van der Waals surface area contributed by atoms with Crippen molar-refractivity contribution >= 4 is 49.0 Å². The van der Waals surface area contributed by atoms with Gasteiger partial charge in [0.15, 0.2) is 11.5 Å². The van der Waals surface area contributed by atoms with E-state index in [9.17, 15) is 4.79 Å². The Bertz CT molecular complexity index is 1200. The lowest BCUT2D eigenvalue weighted by molar-refractivity contribution is 0.353. The van der Waals surface area contributed by atoms with E-state index in [2.05, 4.69) is 37.0 Å². The second kappa shape index (κ2) is 9.53. The van der Waals surface area contributed by atoms with E-state index >= 15 is 0 Å². The van der Waals surface area contributed by atoms with Crippen LogP contribution in [0.1, 0.15) is 49.4 Å². The summed E-state index contributed by atoms with van der Waals surface area (Å²) in [6.45, 7) is 0. The molecule has 1 aliphatic rings. The molecule has 1 saturated carbocycles. The Morgan fingerprint density at radius 1 is 1.10 bits per heavy atom. The molecule has 8 heteroatoms. The summed E-state index contributed by atoms with van der Waals surface area (Å²) in [5.41, 5.74) is 1.32. The average molecular weight is 549 g/mol. The van der Waals surface area contributed by atoms with Gasteiger partial charge in [-0.2, -0.15) is 9.78 Å². The van der Waals surface area contributed by atoms with Gasteiger partial charge < -0.3 is 9.47 Å².